The van der Waals surface area contributed by atoms with Gasteiger partial charge in [0, 0.05) is 0 Å². The molecule has 0 unspecified atom stereocenters. The number of hydrogen-bond donors (Lipinski definition) is 0. The third-order valence-electron chi connectivity index (χ3n) is 2.63. The van der Waals surface area contributed by atoms with Crippen LogP contribution in [0.4, 0.5) is 0 Å². The Morgan fingerprint density at radius 3 is 0.857 bits per heavy atom. The molecule has 0 aliphatic carbocycles. The van der Waals surface area contributed by atoms with Crippen molar-refractivity contribution in [3.8, 4) is 0 Å². The molecule has 1 aliphatic heterocycles. The van der Waals surface area contributed by atoms with Gasteiger partial charge < -0.3 is 0 Å². The Bertz CT molecular complexity index is 823. The van der Waals surface area contributed by atoms with Crippen molar-refractivity contribution in [3.63, 3.8) is 0 Å². The summed E-state index contributed by atoms with van der Waals surface area (Å²) in [6, 6.07) is 0. The average molecular weight is 589 g/mol. The van der Waals surface area contributed by atoms with Crippen LogP contribution in [0.3, 0.4) is 0 Å². The third-order valence-corrected chi connectivity index (χ3v) is 19.0. The first-order chi connectivity index (χ1) is 13.8. The Balaban J connectivity index is 1.35. The second-order valence-electron chi connectivity index (χ2n) is 4.45. The Morgan fingerprint density at radius 1 is 0.357 bits per heavy atom. The van der Waals surface area contributed by atoms with Crippen molar-refractivity contribution in [2.75, 3.05) is 0 Å². The van der Waals surface area contributed by atoms with Crippen LogP contribution >= 0.6 is 132 Å². The van der Waals surface area contributed by atoms with E-state index in [1.54, 1.807) is 132 Å². The predicted molar refractivity (Wildman–Crippen MR) is 135 cm³/mol. The molecule has 4 aromatic rings. The Hall–Kier alpha value is 1.32. The van der Waals surface area contributed by atoms with Crippen LogP contribution in [-0.2, 0) is 0 Å². The van der Waals surface area contributed by atoms with E-state index in [1.165, 1.54) is 16.8 Å². The summed E-state index contributed by atoms with van der Waals surface area (Å²) >= 11 is 6.87. The molecule has 0 spiro atoms. The molecule has 0 atom stereocenters. The van der Waals surface area contributed by atoms with Gasteiger partial charge in [0.15, 0.2) is 17.4 Å². The molecular formula is C12H4N4S12. The molecule has 4 aromatic heterocycles. The molecule has 0 aromatic carbocycles. The van der Waals surface area contributed by atoms with E-state index < -0.39 is 0 Å². The summed E-state index contributed by atoms with van der Waals surface area (Å²) in [4.78, 5) is 18.1. The Labute approximate surface area is 208 Å². The first-order valence-corrected chi connectivity index (χ1v) is 18.9. The summed E-state index contributed by atoms with van der Waals surface area (Å²) in [7, 11) is 13.6. The van der Waals surface area contributed by atoms with E-state index in [0.29, 0.717) is 0 Å². The zero-order valence-corrected chi connectivity index (χ0v) is 22.8. The summed E-state index contributed by atoms with van der Waals surface area (Å²) in [5.41, 5.74) is 0. The number of thiazole rings is 4. The largest absolute Gasteiger partial charge is 0.236 e. The molecule has 0 fully saturated rings. The first-order valence-electron chi connectivity index (χ1n) is 7.01. The number of hydrogen-bond acceptors (Lipinski definition) is 16. The van der Waals surface area contributed by atoms with Crippen LogP contribution in [-0.4, -0.2) is 19.9 Å². The first kappa shape index (κ1) is 21.2. The SMILES string of the molecule is c1nc2sc1SSc1ncc(s1)SSc1ncc(s1)SSc1ncc(s1)SS2. The lowest BCUT2D eigenvalue weighted by Crippen LogP contribution is -1.60. The van der Waals surface area contributed by atoms with Gasteiger partial charge in [0.05, 0.1) is 41.6 Å². The molecule has 0 N–H and O–H groups in total. The van der Waals surface area contributed by atoms with Gasteiger partial charge in [-0.25, -0.2) is 19.9 Å². The standard InChI is InChI=1S/C12H4N4S12/c1-5-17-9(13-1)25-22-6-2-15-11(19-6)27-24-8-4-16-12(20-8)28-23-7-3-14-10(18-7)26-21-5/h1-4H. The highest BCUT2D eigenvalue weighted by Crippen LogP contribution is 2.51. The molecule has 8 bridgehead atoms. The molecule has 0 saturated heterocycles. The summed E-state index contributed by atoms with van der Waals surface area (Å²) in [6.45, 7) is 0. The number of nitrogens with zero attached hydrogens (tertiary/aromatic N) is 4. The fourth-order valence-electron chi connectivity index (χ4n) is 1.59. The van der Waals surface area contributed by atoms with Gasteiger partial charge in [-0.1, -0.05) is 45.3 Å². The second kappa shape index (κ2) is 10.3. The highest BCUT2D eigenvalue weighted by molar-refractivity contribution is 8.79. The van der Waals surface area contributed by atoms with Gasteiger partial charge in [0.1, 0.15) is 0 Å². The lowest BCUT2D eigenvalue weighted by Gasteiger charge is -1.94. The topological polar surface area (TPSA) is 51.6 Å². The van der Waals surface area contributed by atoms with Gasteiger partial charge in [-0.3, -0.25) is 0 Å². The summed E-state index contributed by atoms with van der Waals surface area (Å²) < 4.78 is 8.99. The van der Waals surface area contributed by atoms with Crippen LogP contribution < -0.4 is 0 Å². The molecule has 16 heteroatoms. The summed E-state index contributed by atoms with van der Waals surface area (Å²) in [6.07, 6.45) is 7.77. The summed E-state index contributed by atoms with van der Waals surface area (Å²) in [5, 5.41) is 0. The zero-order chi connectivity index (χ0) is 18.8. The number of fused-ring (bicyclic) bond motifs is 8. The molecular weight excluding hydrogens is 585 g/mol. The van der Waals surface area contributed by atoms with Crippen molar-refractivity contribution in [2.24, 2.45) is 0 Å². The van der Waals surface area contributed by atoms with Gasteiger partial charge in [-0.05, 0) is 86.4 Å². The minimum absolute atomic E-state index is 1.06. The molecule has 0 radical (unpaired) electrons. The monoisotopic (exact) mass is 588 g/mol. The van der Waals surface area contributed by atoms with Crippen molar-refractivity contribution < 1.29 is 0 Å². The van der Waals surface area contributed by atoms with Crippen LogP contribution in [0.25, 0.3) is 0 Å². The molecule has 144 valence electrons. The molecule has 0 amide bonds. The van der Waals surface area contributed by atoms with Crippen LogP contribution in [0.15, 0.2) is 59.0 Å². The van der Waals surface area contributed by atoms with E-state index in [4.69, 9.17) is 0 Å². The van der Waals surface area contributed by atoms with Crippen molar-refractivity contribution >= 4 is 132 Å². The molecule has 1 aliphatic rings. The van der Waals surface area contributed by atoms with E-state index in [0.717, 1.165) is 17.4 Å². The maximum absolute atomic E-state index is 4.52. The second-order valence-corrected chi connectivity index (χ2v) is 19.3. The van der Waals surface area contributed by atoms with Crippen molar-refractivity contribution in [1.82, 2.24) is 19.9 Å². The van der Waals surface area contributed by atoms with E-state index in [1.807, 2.05) is 24.8 Å². The smallest absolute Gasteiger partial charge is 0.161 e. The minimum atomic E-state index is 1.06. The lowest BCUT2D eigenvalue weighted by molar-refractivity contribution is 1.24. The quantitative estimate of drug-likeness (QED) is 0.184. The molecule has 0 saturated carbocycles. The molecule has 28 heavy (non-hydrogen) atoms. The Morgan fingerprint density at radius 2 is 0.607 bits per heavy atom. The van der Waals surface area contributed by atoms with Crippen molar-refractivity contribution in [3.05, 3.63) is 24.8 Å². The summed E-state index contributed by atoms with van der Waals surface area (Å²) in [5.74, 6) is 0. The van der Waals surface area contributed by atoms with E-state index >= 15 is 0 Å². The van der Waals surface area contributed by atoms with Crippen LogP contribution in [0.2, 0.25) is 0 Å². The maximum atomic E-state index is 4.52. The molecule has 5 heterocycles. The average Bonchev–Trinajstić information content (AvgIpc) is 3.49. The van der Waals surface area contributed by atoms with Gasteiger partial charge in [0.2, 0.25) is 0 Å². The minimum Gasteiger partial charge on any atom is -0.236 e. The zero-order valence-electron chi connectivity index (χ0n) is 13.0. The fraction of sp³-hybridized carbons (Fsp3) is 0. The van der Waals surface area contributed by atoms with Gasteiger partial charge in [0.25, 0.3) is 0 Å². The van der Waals surface area contributed by atoms with Crippen LogP contribution in [0.1, 0.15) is 0 Å². The molecule has 5 rings (SSSR count). The highest BCUT2D eigenvalue weighted by atomic mass is 33.1. The number of rotatable bonds is 0. The van der Waals surface area contributed by atoms with Gasteiger partial charge >= 0.3 is 0 Å². The van der Waals surface area contributed by atoms with Gasteiger partial charge in [-0.2, -0.15) is 0 Å². The van der Waals surface area contributed by atoms with E-state index in [2.05, 4.69) is 19.9 Å². The third kappa shape index (κ3) is 5.76. The highest BCUT2D eigenvalue weighted by Gasteiger charge is 2.13. The normalized spacial score (nSPS) is 15.4. The fourth-order valence-corrected chi connectivity index (χ4v) is 16.0. The Kier molecular flexibility index (Phi) is 7.78. The van der Waals surface area contributed by atoms with E-state index in [-0.39, 0.29) is 0 Å². The number of aromatic nitrogens is 4. The van der Waals surface area contributed by atoms with E-state index in [9.17, 15) is 0 Å². The predicted octanol–water partition coefficient (Wildman–Crippen LogP) is 9.02. The van der Waals surface area contributed by atoms with Crippen molar-refractivity contribution in [1.29, 1.82) is 0 Å². The maximum Gasteiger partial charge on any atom is 0.161 e. The molecule has 4 nitrogen and oxygen atoms in total. The van der Waals surface area contributed by atoms with Crippen LogP contribution in [0.5, 0.6) is 0 Å². The van der Waals surface area contributed by atoms with Crippen LogP contribution in [0, 0.1) is 0 Å². The van der Waals surface area contributed by atoms with Gasteiger partial charge in [-0.15, -0.1) is 0 Å². The lowest BCUT2D eigenvalue weighted by atomic mass is 11.0. The van der Waals surface area contributed by atoms with Crippen molar-refractivity contribution in [2.45, 2.75) is 34.2 Å².